The SMILES string of the molecule is O=C(Nc1ccn(Cc2ccc(F)cc2Cl)n1)c1ccn(COc2ccccc2)n1. The van der Waals surface area contributed by atoms with Gasteiger partial charge in [-0.2, -0.15) is 10.2 Å². The lowest BCUT2D eigenvalue weighted by molar-refractivity contribution is 0.101. The Morgan fingerprint density at radius 3 is 2.63 bits per heavy atom. The molecule has 0 atom stereocenters. The molecule has 0 aliphatic rings. The van der Waals surface area contributed by atoms with Gasteiger partial charge in [0.05, 0.1) is 6.54 Å². The number of ether oxygens (including phenoxy) is 1. The fourth-order valence-corrected chi connectivity index (χ4v) is 2.96. The zero-order valence-electron chi connectivity index (χ0n) is 15.7. The minimum absolute atomic E-state index is 0.185. The highest BCUT2D eigenvalue weighted by Gasteiger charge is 2.12. The molecule has 4 rings (SSSR count). The quantitative estimate of drug-likeness (QED) is 0.481. The summed E-state index contributed by atoms with van der Waals surface area (Å²) in [7, 11) is 0. The van der Waals surface area contributed by atoms with Crippen molar-refractivity contribution in [1.82, 2.24) is 19.6 Å². The number of rotatable bonds is 7. The van der Waals surface area contributed by atoms with Crippen LogP contribution in [0.1, 0.15) is 16.1 Å². The number of carbonyl (C=O) groups excluding carboxylic acids is 1. The van der Waals surface area contributed by atoms with Crippen molar-refractivity contribution in [3.63, 3.8) is 0 Å². The molecule has 2 aromatic heterocycles. The smallest absolute Gasteiger partial charge is 0.277 e. The van der Waals surface area contributed by atoms with Gasteiger partial charge in [0.15, 0.2) is 18.2 Å². The third-order valence-corrected chi connectivity index (χ3v) is 4.56. The maximum atomic E-state index is 13.2. The van der Waals surface area contributed by atoms with E-state index in [0.29, 0.717) is 23.1 Å². The maximum absolute atomic E-state index is 13.2. The summed E-state index contributed by atoms with van der Waals surface area (Å²) in [6.45, 7) is 0.533. The van der Waals surface area contributed by atoms with E-state index in [9.17, 15) is 9.18 Å². The fraction of sp³-hybridized carbons (Fsp3) is 0.0952. The van der Waals surface area contributed by atoms with Gasteiger partial charge in [-0.25, -0.2) is 9.07 Å². The molecule has 0 aliphatic heterocycles. The van der Waals surface area contributed by atoms with Crippen molar-refractivity contribution >= 4 is 23.3 Å². The van der Waals surface area contributed by atoms with Crippen LogP contribution in [0.25, 0.3) is 0 Å². The Labute approximate surface area is 176 Å². The number of amides is 1. The highest BCUT2D eigenvalue weighted by molar-refractivity contribution is 6.31. The average molecular weight is 426 g/mol. The second-order valence-corrected chi connectivity index (χ2v) is 6.82. The van der Waals surface area contributed by atoms with Gasteiger partial charge in [-0.3, -0.25) is 9.48 Å². The van der Waals surface area contributed by atoms with Crippen LogP contribution in [0.2, 0.25) is 5.02 Å². The number of halogens is 2. The molecule has 0 bridgehead atoms. The molecule has 0 saturated heterocycles. The predicted molar refractivity (Wildman–Crippen MR) is 110 cm³/mol. The number of aromatic nitrogens is 4. The van der Waals surface area contributed by atoms with Crippen molar-refractivity contribution in [3.05, 3.63) is 95.2 Å². The third kappa shape index (κ3) is 4.84. The highest BCUT2D eigenvalue weighted by Crippen LogP contribution is 2.18. The van der Waals surface area contributed by atoms with Gasteiger partial charge in [0, 0.05) is 23.5 Å². The van der Waals surface area contributed by atoms with E-state index in [-0.39, 0.29) is 12.4 Å². The lowest BCUT2D eigenvalue weighted by atomic mass is 10.2. The Morgan fingerprint density at radius 2 is 1.83 bits per heavy atom. The van der Waals surface area contributed by atoms with Gasteiger partial charge < -0.3 is 10.1 Å². The lowest BCUT2D eigenvalue weighted by Crippen LogP contribution is -2.15. The highest BCUT2D eigenvalue weighted by atomic mass is 35.5. The Bertz CT molecular complexity index is 1160. The van der Waals surface area contributed by atoms with Gasteiger partial charge in [-0.15, -0.1) is 0 Å². The molecule has 2 aromatic carbocycles. The minimum atomic E-state index is -0.397. The molecule has 0 aliphatic carbocycles. The first kappa shape index (κ1) is 19.7. The number of nitrogens with one attached hydrogen (secondary N) is 1. The average Bonchev–Trinajstić information content (AvgIpc) is 3.39. The van der Waals surface area contributed by atoms with Gasteiger partial charge in [-0.05, 0) is 35.9 Å². The standard InChI is InChI=1S/C21H17ClFN5O2/c22-18-12-16(23)7-6-15(18)13-27-11-9-20(26-27)24-21(29)19-8-10-28(25-19)14-30-17-4-2-1-3-5-17/h1-12H,13-14H2,(H,24,26,29). The van der Waals surface area contributed by atoms with E-state index in [1.165, 1.54) is 16.8 Å². The normalized spacial score (nSPS) is 10.7. The first-order chi connectivity index (χ1) is 14.6. The van der Waals surface area contributed by atoms with Crippen molar-refractivity contribution in [2.24, 2.45) is 0 Å². The Balaban J connectivity index is 1.35. The topological polar surface area (TPSA) is 74.0 Å². The predicted octanol–water partition coefficient (Wildman–Crippen LogP) is 4.21. The maximum Gasteiger partial charge on any atom is 0.277 e. The van der Waals surface area contributed by atoms with Gasteiger partial charge in [0.25, 0.3) is 5.91 Å². The summed E-state index contributed by atoms with van der Waals surface area (Å²) in [5.74, 6) is 0.295. The van der Waals surface area contributed by atoms with Crippen LogP contribution in [0.5, 0.6) is 5.75 Å². The van der Waals surface area contributed by atoms with E-state index in [1.807, 2.05) is 30.3 Å². The molecular weight excluding hydrogens is 409 g/mol. The van der Waals surface area contributed by atoms with Crippen molar-refractivity contribution < 1.29 is 13.9 Å². The molecule has 4 aromatic rings. The second kappa shape index (κ2) is 8.79. The van der Waals surface area contributed by atoms with E-state index < -0.39 is 11.7 Å². The number of para-hydroxylation sites is 1. The Morgan fingerprint density at radius 1 is 1.03 bits per heavy atom. The third-order valence-electron chi connectivity index (χ3n) is 4.21. The number of anilines is 1. The molecular formula is C21H17ClFN5O2. The van der Waals surface area contributed by atoms with Crippen LogP contribution in [0.4, 0.5) is 10.2 Å². The van der Waals surface area contributed by atoms with Crippen LogP contribution in [0.15, 0.2) is 73.1 Å². The van der Waals surface area contributed by atoms with Crippen LogP contribution in [0, 0.1) is 5.82 Å². The largest absolute Gasteiger partial charge is 0.471 e. The second-order valence-electron chi connectivity index (χ2n) is 6.42. The van der Waals surface area contributed by atoms with Crippen LogP contribution >= 0.6 is 11.6 Å². The van der Waals surface area contributed by atoms with E-state index in [4.69, 9.17) is 16.3 Å². The molecule has 2 heterocycles. The van der Waals surface area contributed by atoms with E-state index in [1.54, 1.807) is 35.3 Å². The lowest BCUT2D eigenvalue weighted by Gasteiger charge is -2.05. The zero-order valence-corrected chi connectivity index (χ0v) is 16.5. The van der Waals surface area contributed by atoms with Crippen molar-refractivity contribution in [2.45, 2.75) is 13.3 Å². The molecule has 30 heavy (non-hydrogen) atoms. The molecule has 152 valence electrons. The molecule has 0 radical (unpaired) electrons. The number of hydrogen-bond acceptors (Lipinski definition) is 4. The van der Waals surface area contributed by atoms with Crippen LogP contribution < -0.4 is 10.1 Å². The molecule has 1 amide bonds. The fourth-order valence-electron chi connectivity index (χ4n) is 2.73. The first-order valence-electron chi connectivity index (χ1n) is 9.07. The Hall–Kier alpha value is -3.65. The van der Waals surface area contributed by atoms with E-state index in [0.717, 1.165) is 5.56 Å². The minimum Gasteiger partial charge on any atom is -0.471 e. The summed E-state index contributed by atoms with van der Waals surface area (Å²) < 4.78 is 21.9. The van der Waals surface area contributed by atoms with Gasteiger partial charge in [0.1, 0.15) is 11.6 Å². The summed E-state index contributed by atoms with van der Waals surface area (Å²) >= 11 is 6.05. The van der Waals surface area contributed by atoms with Crippen molar-refractivity contribution in [1.29, 1.82) is 0 Å². The van der Waals surface area contributed by atoms with Gasteiger partial charge in [0.2, 0.25) is 0 Å². The van der Waals surface area contributed by atoms with Crippen LogP contribution in [-0.2, 0) is 13.3 Å². The molecule has 0 spiro atoms. The number of hydrogen-bond donors (Lipinski definition) is 1. The van der Waals surface area contributed by atoms with Crippen molar-refractivity contribution in [3.8, 4) is 5.75 Å². The zero-order chi connectivity index (χ0) is 20.9. The summed E-state index contributed by atoms with van der Waals surface area (Å²) in [6, 6.07) is 16.8. The summed E-state index contributed by atoms with van der Waals surface area (Å²) in [4.78, 5) is 12.4. The molecule has 0 saturated carbocycles. The molecule has 1 N–H and O–H groups in total. The number of benzene rings is 2. The molecule has 9 heteroatoms. The molecule has 0 fully saturated rings. The molecule has 7 nitrogen and oxygen atoms in total. The summed E-state index contributed by atoms with van der Waals surface area (Å²) in [5, 5.41) is 11.5. The van der Waals surface area contributed by atoms with E-state index >= 15 is 0 Å². The summed E-state index contributed by atoms with van der Waals surface area (Å²) in [6.07, 6.45) is 3.36. The summed E-state index contributed by atoms with van der Waals surface area (Å²) in [5.41, 5.74) is 0.957. The number of carbonyl (C=O) groups is 1. The number of nitrogens with zero attached hydrogens (tertiary/aromatic N) is 4. The Kier molecular flexibility index (Phi) is 5.76. The molecule has 0 unspecified atom stereocenters. The van der Waals surface area contributed by atoms with Crippen LogP contribution in [-0.4, -0.2) is 25.5 Å². The van der Waals surface area contributed by atoms with Crippen molar-refractivity contribution in [2.75, 3.05) is 5.32 Å². The van der Waals surface area contributed by atoms with E-state index in [2.05, 4.69) is 15.5 Å². The first-order valence-corrected chi connectivity index (χ1v) is 9.45. The van der Waals surface area contributed by atoms with Crippen LogP contribution in [0.3, 0.4) is 0 Å². The monoisotopic (exact) mass is 425 g/mol. The van der Waals surface area contributed by atoms with Gasteiger partial charge >= 0.3 is 0 Å². The van der Waals surface area contributed by atoms with Gasteiger partial charge in [-0.1, -0.05) is 35.9 Å².